The molecule has 1 heterocycles. The van der Waals surface area contributed by atoms with E-state index < -0.39 is 0 Å². The third-order valence-electron chi connectivity index (χ3n) is 6.38. The first-order valence-electron chi connectivity index (χ1n) is 11.1. The maximum absolute atomic E-state index is 6.31. The fourth-order valence-electron chi connectivity index (χ4n) is 4.77. The zero-order valence-electron chi connectivity index (χ0n) is 18.8. The number of anilines is 1. The average Bonchev–Trinajstić information content (AvgIpc) is 2.88. The quantitative estimate of drug-likeness (QED) is 0.580. The molecule has 1 fully saturated rings. The van der Waals surface area contributed by atoms with Crippen LogP contribution in [0, 0.1) is 12.8 Å². The van der Waals surface area contributed by atoms with Crippen molar-refractivity contribution in [3.8, 4) is 5.75 Å². The summed E-state index contributed by atoms with van der Waals surface area (Å²) in [6.45, 7) is 8.29. The smallest absolute Gasteiger partial charge is 0.122 e. The topological polar surface area (TPSA) is 28.1 Å². The fourth-order valence-corrected chi connectivity index (χ4v) is 4.96. The van der Waals surface area contributed by atoms with E-state index in [1.54, 1.807) is 0 Å². The number of likely N-dealkylation sites (N-methyl/N-ethyl adjacent to an activating group) is 1. The number of hydrogen-bond acceptors (Lipinski definition) is 3. The minimum Gasteiger partial charge on any atom is -0.490 e. The van der Waals surface area contributed by atoms with Gasteiger partial charge >= 0.3 is 0 Å². The first kappa shape index (κ1) is 21.9. The molecule has 2 aliphatic rings. The van der Waals surface area contributed by atoms with Gasteiger partial charge in [0.25, 0.3) is 0 Å². The summed E-state index contributed by atoms with van der Waals surface area (Å²) < 4.78 is 6.27. The normalized spacial score (nSPS) is 23.4. The number of amidine groups is 1. The lowest BCUT2D eigenvalue weighted by atomic mass is 9.84. The summed E-state index contributed by atoms with van der Waals surface area (Å²) in [5, 5.41) is 0.767. The minimum atomic E-state index is 0.270. The number of benzene rings is 2. The van der Waals surface area contributed by atoms with Crippen molar-refractivity contribution in [2.75, 3.05) is 25.5 Å². The molecule has 4 nitrogen and oxygen atoms in total. The fraction of sp³-hybridized carbons (Fsp3) is 0.423. The van der Waals surface area contributed by atoms with Crippen LogP contribution in [0.15, 0.2) is 59.7 Å². The largest absolute Gasteiger partial charge is 0.490 e. The van der Waals surface area contributed by atoms with Crippen LogP contribution in [-0.2, 0) is 6.54 Å². The zero-order chi connectivity index (χ0) is 22.0. The van der Waals surface area contributed by atoms with Crippen LogP contribution in [0.2, 0.25) is 5.02 Å². The lowest BCUT2D eigenvalue weighted by Crippen LogP contribution is -2.39. The second-order valence-electron chi connectivity index (χ2n) is 8.82. The number of allylic oxidation sites excluding steroid dienone is 1. The van der Waals surface area contributed by atoms with E-state index in [1.807, 2.05) is 13.1 Å². The first-order valence-corrected chi connectivity index (χ1v) is 11.5. The molecule has 0 N–H and O–H groups in total. The van der Waals surface area contributed by atoms with Crippen molar-refractivity contribution < 1.29 is 4.74 Å². The van der Waals surface area contributed by atoms with Crippen molar-refractivity contribution in [1.29, 1.82) is 0 Å². The lowest BCUT2D eigenvalue weighted by molar-refractivity contribution is 0.139. The monoisotopic (exact) mass is 437 g/mol. The molecule has 0 bridgehead atoms. The molecule has 5 heteroatoms. The van der Waals surface area contributed by atoms with Crippen LogP contribution in [0.3, 0.4) is 0 Å². The van der Waals surface area contributed by atoms with Gasteiger partial charge in [-0.2, -0.15) is 0 Å². The second kappa shape index (κ2) is 9.46. The molecule has 0 saturated heterocycles. The highest BCUT2D eigenvalue weighted by Gasteiger charge is 2.31. The Morgan fingerprint density at radius 3 is 2.58 bits per heavy atom. The molecule has 1 aliphatic carbocycles. The second-order valence-corrected chi connectivity index (χ2v) is 9.26. The van der Waals surface area contributed by atoms with E-state index in [-0.39, 0.29) is 6.10 Å². The number of ether oxygens (including phenoxy) is 1. The molecular weight excluding hydrogens is 406 g/mol. The standard InChI is InChI=1S/C26H32ClN3O/c1-18-6-5-7-24(14-18)31-23-11-8-20(9-12-23)19(2)30-25-13-10-22(27)15-21(25)16-29(4)17-26(30)28-3/h5-7,10,13-15,20,23H,2,8-9,11-12,16-17H2,1,3-4H3. The van der Waals surface area contributed by atoms with E-state index in [2.05, 4.69) is 71.7 Å². The zero-order valence-corrected chi connectivity index (χ0v) is 19.5. The summed E-state index contributed by atoms with van der Waals surface area (Å²) in [4.78, 5) is 9.19. The molecule has 31 heavy (non-hydrogen) atoms. The maximum atomic E-state index is 6.31. The van der Waals surface area contributed by atoms with Gasteiger partial charge in [-0.1, -0.05) is 30.3 Å². The Labute approximate surface area is 191 Å². The molecule has 0 spiro atoms. The summed E-state index contributed by atoms with van der Waals surface area (Å²) in [5.74, 6) is 2.43. The van der Waals surface area contributed by atoms with Gasteiger partial charge in [0.15, 0.2) is 0 Å². The van der Waals surface area contributed by atoms with E-state index in [1.165, 1.54) is 11.1 Å². The highest BCUT2D eigenvalue weighted by molar-refractivity contribution is 6.30. The van der Waals surface area contributed by atoms with Crippen LogP contribution in [0.5, 0.6) is 5.75 Å². The number of rotatable bonds is 4. The third kappa shape index (κ3) is 4.97. The van der Waals surface area contributed by atoms with Crippen molar-refractivity contribution in [2.45, 2.75) is 45.3 Å². The minimum absolute atomic E-state index is 0.270. The predicted octanol–water partition coefficient (Wildman–Crippen LogP) is 6.08. The van der Waals surface area contributed by atoms with Crippen molar-refractivity contribution in [1.82, 2.24) is 4.90 Å². The number of halogens is 1. The van der Waals surface area contributed by atoms with Gasteiger partial charge in [0.05, 0.1) is 18.3 Å². The maximum Gasteiger partial charge on any atom is 0.122 e. The Bertz CT molecular complexity index is 978. The van der Waals surface area contributed by atoms with Crippen molar-refractivity contribution >= 4 is 23.1 Å². The van der Waals surface area contributed by atoms with Crippen LogP contribution in [0.4, 0.5) is 5.69 Å². The highest BCUT2D eigenvalue weighted by Crippen LogP contribution is 2.38. The Balaban J connectivity index is 1.50. The van der Waals surface area contributed by atoms with Crippen molar-refractivity contribution in [3.05, 3.63) is 70.9 Å². The van der Waals surface area contributed by atoms with Gasteiger partial charge in [0, 0.05) is 24.3 Å². The Morgan fingerprint density at radius 2 is 1.87 bits per heavy atom. The average molecular weight is 438 g/mol. The SMILES string of the molecule is C=C(C1CCC(Oc2cccc(C)c2)CC1)N1C(=NC)CN(C)Cc2cc(Cl)ccc21. The lowest BCUT2D eigenvalue weighted by Gasteiger charge is -2.36. The molecular formula is C26H32ClN3O. The van der Waals surface area contributed by atoms with Crippen LogP contribution in [0.1, 0.15) is 36.8 Å². The number of nitrogens with zero attached hydrogens (tertiary/aromatic N) is 3. The van der Waals surface area contributed by atoms with Crippen LogP contribution in [0.25, 0.3) is 0 Å². The molecule has 2 aromatic rings. The number of hydrogen-bond donors (Lipinski definition) is 0. The summed E-state index contributed by atoms with van der Waals surface area (Å²) in [5.41, 5.74) is 4.73. The van der Waals surface area contributed by atoms with E-state index in [0.29, 0.717) is 5.92 Å². The van der Waals surface area contributed by atoms with Gasteiger partial charge in [-0.15, -0.1) is 0 Å². The number of aliphatic imine (C=N–C) groups is 1. The van der Waals surface area contributed by atoms with E-state index in [4.69, 9.17) is 16.3 Å². The van der Waals surface area contributed by atoms with Gasteiger partial charge in [-0.3, -0.25) is 9.89 Å². The van der Waals surface area contributed by atoms with E-state index in [0.717, 1.165) is 66.8 Å². The van der Waals surface area contributed by atoms with Gasteiger partial charge in [0.1, 0.15) is 11.6 Å². The Hall–Kier alpha value is -2.30. The molecule has 0 radical (unpaired) electrons. The number of aryl methyl sites for hydroxylation is 1. The van der Waals surface area contributed by atoms with Gasteiger partial charge < -0.3 is 9.64 Å². The van der Waals surface area contributed by atoms with Crippen molar-refractivity contribution in [2.24, 2.45) is 10.9 Å². The van der Waals surface area contributed by atoms with Crippen LogP contribution in [-0.4, -0.2) is 37.5 Å². The summed E-state index contributed by atoms with van der Waals surface area (Å²) in [6, 6.07) is 14.5. The summed E-state index contributed by atoms with van der Waals surface area (Å²) in [6.07, 6.45) is 4.49. The molecule has 164 valence electrons. The van der Waals surface area contributed by atoms with Crippen LogP contribution >= 0.6 is 11.6 Å². The Kier molecular flexibility index (Phi) is 6.68. The molecule has 0 amide bonds. The Morgan fingerprint density at radius 1 is 1.10 bits per heavy atom. The van der Waals surface area contributed by atoms with Gasteiger partial charge in [-0.05, 0) is 87.0 Å². The van der Waals surface area contributed by atoms with E-state index in [9.17, 15) is 0 Å². The predicted molar refractivity (Wildman–Crippen MR) is 130 cm³/mol. The molecule has 0 unspecified atom stereocenters. The van der Waals surface area contributed by atoms with Gasteiger partial charge in [0.2, 0.25) is 0 Å². The van der Waals surface area contributed by atoms with Crippen molar-refractivity contribution in [3.63, 3.8) is 0 Å². The first-order chi connectivity index (χ1) is 14.9. The molecule has 1 aliphatic heterocycles. The number of fused-ring (bicyclic) bond motifs is 1. The van der Waals surface area contributed by atoms with Crippen LogP contribution < -0.4 is 9.64 Å². The molecule has 1 saturated carbocycles. The molecule has 2 aromatic carbocycles. The van der Waals surface area contributed by atoms with Gasteiger partial charge in [-0.25, -0.2) is 0 Å². The highest BCUT2D eigenvalue weighted by atomic mass is 35.5. The van der Waals surface area contributed by atoms with E-state index >= 15 is 0 Å². The summed E-state index contributed by atoms with van der Waals surface area (Å²) >= 11 is 6.31. The molecule has 0 aromatic heterocycles. The molecule has 4 rings (SSSR count). The third-order valence-corrected chi connectivity index (χ3v) is 6.61. The summed E-state index contributed by atoms with van der Waals surface area (Å²) in [7, 11) is 3.99. The molecule has 0 atom stereocenters.